The molecular weight excluding hydrogens is 290 g/mol. The van der Waals surface area contributed by atoms with Gasteiger partial charge in [-0.2, -0.15) is 0 Å². The summed E-state index contributed by atoms with van der Waals surface area (Å²) in [6, 6.07) is 8.24. The fourth-order valence-electron chi connectivity index (χ4n) is 2.80. The van der Waals surface area contributed by atoms with E-state index in [0.29, 0.717) is 17.7 Å². The number of nitrogens with one attached hydrogen (secondary N) is 2. The first kappa shape index (κ1) is 15.7. The lowest BCUT2D eigenvalue weighted by Crippen LogP contribution is -2.29. The highest BCUT2D eigenvalue weighted by atomic mass is 16.2. The van der Waals surface area contributed by atoms with Gasteiger partial charge in [0.25, 0.3) is 5.91 Å². The van der Waals surface area contributed by atoms with Gasteiger partial charge < -0.3 is 10.6 Å². The van der Waals surface area contributed by atoms with Crippen LogP contribution < -0.4 is 10.6 Å². The third kappa shape index (κ3) is 3.76. The second kappa shape index (κ2) is 6.91. The van der Waals surface area contributed by atoms with Gasteiger partial charge in [-0.15, -0.1) is 5.10 Å². The van der Waals surface area contributed by atoms with Gasteiger partial charge in [0.05, 0.1) is 12.2 Å². The van der Waals surface area contributed by atoms with E-state index in [1.807, 2.05) is 22.9 Å². The van der Waals surface area contributed by atoms with Gasteiger partial charge in [0, 0.05) is 5.69 Å². The van der Waals surface area contributed by atoms with Gasteiger partial charge in [0.15, 0.2) is 5.69 Å². The van der Waals surface area contributed by atoms with Gasteiger partial charge in [-0.25, -0.2) is 4.68 Å². The van der Waals surface area contributed by atoms with Crippen molar-refractivity contribution < 1.29 is 4.79 Å². The van der Waals surface area contributed by atoms with E-state index < -0.39 is 0 Å². The maximum atomic E-state index is 12.4. The predicted molar refractivity (Wildman–Crippen MR) is 89.6 cm³/mol. The summed E-state index contributed by atoms with van der Waals surface area (Å²) in [6.45, 7) is 6.22. The summed E-state index contributed by atoms with van der Waals surface area (Å²) < 4.78 is 1.82. The number of benzene rings is 1. The van der Waals surface area contributed by atoms with Gasteiger partial charge in [0.2, 0.25) is 0 Å². The van der Waals surface area contributed by atoms with Gasteiger partial charge >= 0.3 is 0 Å². The average molecular weight is 313 g/mol. The Balaban J connectivity index is 1.68. The minimum atomic E-state index is -0.217. The molecule has 0 atom stereocenters. The molecule has 0 aliphatic carbocycles. The molecule has 2 aromatic rings. The van der Waals surface area contributed by atoms with Crippen LogP contribution in [-0.4, -0.2) is 34.0 Å². The Morgan fingerprint density at radius 3 is 2.87 bits per heavy atom. The number of rotatable bonds is 4. The second-order valence-corrected chi connectivity index (χ2v) is 6.30. The van der Waals surface area contributed by atoms with Crippen LogP contribution >= 0.6 is 0 Å². The van der Waals surface area contributed by atoms with Crippen LogP contribution in [-0.2, 0) is 0 Å². The summed E-state index contributed by atoms with van der Waals surface area (Å²) in [5.41, 5.74) is 2.34. The third-order valence-electron chi connectivity index (χ3n) is 4.24. The Labute approximate surface area is 136 Å². The van der Waals surface area contributed by atoms with Crippen LogP contribution in [0.4, 0.5) is 5.69 Å². The molecule has 6 heteroatoms. The van der Waals surface area contributed by atoms with Crippen molar-refractivity contribution in [2.24, 2.45) is 0 Å². The molecule has 0 bridgehead atoms. The SMILES string of the molecule is CC(C)c1cccc(NC(=O)c2cn(C3CCNCC3)nn2)c1. The summed E-state index contributed by atoms with van der Waals surface area (Å²) in [5, 5.41) is 14.4. The first-order chi connectivity index (χ1) is 11.1. The molecule has 1 aromatic carbocycles. The Morgan fingerprint density at radius 1 is 1.35 bits per heavy atom. The average Bonchev–Trinajstić information content (AvgIpc) is 3.06. The fraction of sp³-hybridized carbons (Fsp3) is 0.471. The highest BCUT2D eigenvalue weighted by molar-refractivity contribution is 6.02. The lowest BCUT2D eigenvalue weighted by atomic mass is 10.0. The van der Waals surface area contributed by atoms with Gasteiger partial charge in [-0.3, -0.25) is 4.79 Å². The molecule has 0 spiro atoms. The number of hydrogen-bond acceptors (Lipinski definition) is 4. The Kier molecular flexibility index (Phi) is 4.71. The van der Waals surface area contributed by atoms with Crippen molar-refractivity contribution in [3.05, 3.63) is 41.7 Å². The topological polar surface area (TPSA) is 71.8 Å². The number of carbonyl (C=O) groups excluding carboxylic acids is 1. The molecule has 2 heterocycles. The summed E-state index contributed by atoms with van der Waals surface area (Å²) in [5.74, 6) is 0.207. The van der Waals surface area contributed by atoms with E-state index in [1.54, 1.807) is 6.20 Å². The zero-order chi connectivity index (χ0) is 16.2. The molecule has 0 unspecified atom stereocenters. The molecule has 1 aliphatic rings. The number of aromatic nitrogens is 3. The summed E-state index contributed by atoms with van der Waals surface area (Å²) in [4.78, 5) is 12.4. The molecule has 1 amide bonds. The summed E-state index contributed by atoms with van der Waals surface area (Å²) >= 11 is 0. The van der Waals surface area contributed by atoms with E-state index in [4.69, 9.17) is 0 Å². The lowest BCUT2D eigenvalue weighted by Gasteiger charge is -2.22. The highest BCUT2D eigenvalue weighted by Crippen LogP contribution is 2.20. The molecule has 6 nitrogen and oxygen atoms in total. The number of amides is 1. The molecule has 1 fully saturated rings. The van der Waals surface area contributed by atoms with Gasteiger partial charge in [-0.05, 0) is 49.5 Å². The Morgan fingerprint density at radius 2 is 2.13 bits per heavy atom. The number of nitrogens with zero attached hydrogens (tertiary/aromatic N) is 3. The van der Waals surface area contributed by atoms with Crippen LogP contribution in [0.3, 0.4) is 0 Å². The van der Waals surface area contributed by atoms with Gasteiger partial charge in [0.1, 0.15) is 0 Å². The van der Waals surface area contributed by atoms with E-state index in [1.165, 1.54) is 5.56 Å². The second-order valence-electron chi connectivity index (χ2n) is 6.30. The van der Waals surface area contributed by atoms with Crippen LogP contribution in [0.2, 0.25) is 0 Å². The molecule has 1 aromatic heterocycles. The highest BCUT2D eigenvalue weighted by Gasteiger charge is 2.18. The largest absolute Gasteiger partial charge is 0.321 e. The molecular formula is C17H23N5O. The van der Waals surface area contributed by atoms with Crippen molar-refractivity contribution in [1.82, 2.24) is 20.3 Å². The van der Waals surface area contributed by atoms with Crippen molar-refractivity contribution >= 4 is 11.6 Å². The smallest absolute Gasteiger partial charge is 0.277 e. The summed E-state index contributed by atoms with van der Waals surface area (Å²) in [6.07, 6.45) is 3.78. The fourth-order valence-corrected chi connectivity index (χ4v) is 2.80. The van der Waals surface area contributed by atoms with Crippen LogP contribution in [0, 0.1) is 0 Å². The molecule has 1 saturated heterocycles. The molecule has 1 aliphatic heterocycles. The molecule has 0 saturated carbocycles. The quantitative estimate of drug-likeness (QED) is 0.910. The predicted octanol–water partition coefficient (Wildman–Crippen LogP) is 2.58. The van der Waals surface area contributed by atoms with Crippen molar-refractivity contribution in [2.45, 2.75) is 38.6 Å². The zero-order valence-electron chi connectivity index (χ0n) is 13.6. The molecule has 23 heavy (non-hydrogen) atoms. The minimum absolute atomic E-state index is 0.217. The standard InChI is InChI=1S/C17H23N5O/c1-12(2)13-4-3-5-14(10-13)19-17(23)16-11-22(21-20-16)15-6-8-18-9-7-15/h3-5,10-12,15,18H,6-9H2,1-2H3,(H,19,23). The van der Waals surface area contributed by atoms with Crippen LogP contribution in [0.1, 0.15) is 54.7 Å². The Hall–Kier alpha value is -2.21. The first-order valence-corrected chi connectivity index (χ1v) is 8.17. The van der Waals surface area contributed by atoms with Crippen molar-refractivity contribution in [2.75, 3.05) is 18.4 Å². The van der Waals surface area contributed by atoms with Crippen molar-refractivity contribution in [1.29, 1.82) is 0 Å². The van der Waals surface area contributed by atoms with E-state index in [2.05, 4.69) is 40.9 Å². The molecule has 2 N–H and O–H groups in total. The van der Waals surface area contributed by atoms with Crippen molar-refractivity contribution in [3.63, 3.8) is 0 Å². The van der Waals surface area contributed by atoms with Crippen molar-refractivity contribution in [3.8, 4) is 0 Å². The Bertz CT molecular complexity index is 673. The number of hydrogen-bond donors (Lipinski definition) is 2. The first-order valence-electron chi connectivity index (χ1n) is 8.17. The van der Waals surface area contributed by atoms with E-state index in [-0.39, 0.29) is 5.91 Å². The zero-order valence-corrected chi connectivity index (χ0v) is 13.6. The van der Waals surface area contributed by atoms with Crippen LogP contribution in [0.15, 0.2) is 30.5 Å². The van der Waals surface area contributed by atoms with E-state index in [0.717, 1.165) is 31.6 Å². The normalized spacial score (nSPS) is 15.8. The molecule has 122 valence electrons. The number of anilines is 1. The third-order valence-corrected chi connectivity index (χ3v) is 4.24. The van der Waals surface area contributed by atoms with E-state index in [9.17, 15) is 4.79 Å². The minimum Gasteiger partial charge on any atom is -0.321 e. The summed E-state index contributed by atoms with van der Waals surface area (Å²) in [7, 11) is 0. The van der Waals surface area contributed by atoms with Gasteiger partial charge in [-0.1, -0.05) is 31.2 Å². The maximum Gasteiger partial charge on any atom is 0.277 e. The molecule has 3 rings (SSSR count). The molecule has 0 radical (unpaired) electrons. The monoisotopic (exact) mass is 313 g/mol. The number of piperidine rings is 1. The number of carbonyl (C=O) groups is 1. The van der Waals surface area contributed by atoms with E-state index >= 15 is 0 Å². The lowest BCUT2D eigenvalue weighted by molar-refractivity contribution is 0.102. The maximum absolute atomic E-state index is 12.4. The van der Waals surface area contributed by atoms with Crippen LogP contribution in [0.25, 0.3) is 0 Å². The van der Waals surface area contributed by atoms with Crippen LogP contribution in [0.5, 0.6) is 0 Å².